The molecule has 0 saturated carbocycles. The zero-order valence-corrected chi connectivity index (χ0v) is 22.9. The van der Waals surface area contributed by atoms with Gasteiger partial charge in [0.15, 0.2) is 17.0 Å². The average molecular weight is 595 g/mol. The van der Waals surface area contributed by atoms with Gasteiger partial charge in [0.2, 0.25) is 0 Å². The predicted molar refractivity (Wildman–Crippen MR) is 143 cm³/mol. The van der Waals surface area contributed by atoms with Gasteiger partial charge in [0, 0.05) is 31.1 Å². The molecule has 10 nitrogen and oxygen atoms in total. The lowest BCUT2D eigenvalue weighted by atomic mass is 10.1. The molecular weight excluding hydrogens is 569 g/mol. The lowest BCUT2D eigenvalue weighted by Gasteiger charge is -2.26. The molecule has 4 aromatic rings. The Morgan fingerprint density at radius 1 is 1.05 bits per heavy atom. The second kappa shape index (κ2) is 11.2. The fourth-order valence-electron chi connectivity index (χ4n) is 4.69. The second-order valence-corrected chi connectivity index (χ2v) is 9.85. The monoisotopic (exact) mass is 594 g/mol. The van der Waals surface area contributed by atoms with Gasteiger partial charge in [-0.05, 0) is 36.2 Å². The van der Waals surface area contributed by atoms with E-state index in [-0.39, 0.29) is 42.4 Å². The van der Waals surface area contributed by atoms with E-state index in [9.17, 15) is 22.8 Å². The maximum atomic E-state index is 13.8. The number of hydrogen-bond donors (Lipinski definition) is 0. The van der Waals surface area contributed by atoms with Gasteiger partial charge in [-0.2, -0.15) is 4.98 Å². The Labute approximate surface area is 236 Å². The smallest absolute Gasteiger partial charge is 0.425 e. The number of hydrogen-bond acceptors (Lipinski definition) is 7. The number of alkyl halides is 3. The van der Waals surface area contributed by atoms with E-state index < -0.39 is 29.1 Å². The molecule has 1 saturated heterocycles. The van der Waals surface area contributed by atoms with Crippen LogP contribution < -0.4 is 20.7 Å². The Morgan fingerprint density at radius 2 is 1.73 bits per heavy atom. The summed E-state index contributed by atoms with van der Waals surface area (Å²) in [5.41, 5.74) is -0.377. The highest BCUT2D eigenvalue weighted by molar-refractivity contribution is 6.30. The van der Waals surface area contributed by atoms with Crippen LogP contribution in [0.2, 0.25) is 5.02 Å². The lowest BCUT2D eigenvalue weighted by Crippen LogP contribution is -2.42. The molecule has 3 heterocycles. The number of halogens is 4. The van der Waals surface area contributed by atoms with Crippen LogP contribution in [0.4, 0.5) is 13.2 Å². The van der Waals surface area contributed by atoms with Crippen LogP contribution in [0.1, 0.15) is 25.3 Å². The maximum Gasteiger partial charge on any atom is 0.573 e. The molecule has 41 heavy (non-hydrogen) atoms. The topological polar surface area (TPSA) is 98.7 Å². The fourth-order valence-corrected chi connectivity index (χ4v) is 4.82. The molecule has 0 amide bonds. The van der Waals surface area contributed by atoms with Crippen LogP contribution in [0.5, 0.6) is 17.5 Å². The van der Waals surface area contributed by atoms with Crippen molar-refractivity contribution in [2.24, 2.45) is 7.05 Å². The largest absolute Gasteiger partial charge is 0.573 e. The number of benzene rings is 2. The van der Waals surface area contributed by atoms with Crippen molar-refractivity contribution in [1.82, 2.24) is 18.7 Å². The van der Waals surface area contributed by atoms with Crippen molar-refractivity contribution < 1.29 is 32.1 Å². The molecule has 1 aliphatic rings. The lowest BCUT2D eigenvalue weighted by molar-refractivity contribution is -0.274. The summed E-state index contributed by atoms with van der Waals surface area (Å²) >= 11 is 6.04. The Morgan fingerprint density at radius 3 is 2.39 bits per heavy atom. The summed E-state index contributed by atoms with van der Waals surface area (Å²) < 4.78 is 63.5. The molecule has 218 valence electrons. The number of ether oxygens (including phenoxy) is 4. The van der Waals surface area contributed by atoms with Gasteiger partial charge in [-0.3, -0.25) is 18.5 Å². The average Bonchev–Trinajstić information content (AvgIpc) is 3.54. The van der Waals surface area contributed by atoms with Crippen LogP contribution in [0.15, 0.2) is 58.1 Å². The first-order valence-electron chi connectivity index (χ1n) is 12.7. The molecule has 0 radical (unpaired) electrons. The van der Waals surface area contributed by atoms with Crippen molar-refractivity contribution in [1.29, 1.82) is 0 Å². The third-order valence-corrected chi connectivity index (χ3v) is 7.02. The standard InChI is InChI=1S/C27H26ClF3N4O6/c1-3-26(38-13-14-39-26)11-12-34-23(36)21-22(33(2)25(34)37)32-24(35(21)16-17-7-9-18(28)10-8-17)40-19-5-4-6-20(15-19)41-27(29,30)31/h4-10,15H,3,11-14,16H2,1-2H3. The number of rotatable bonds is 9. The summed E-state index contributed by atoms with van der Waals surface area (Å²) in [6.45, 7) is 2.84. The van der Waals surface area contributed by atoms with Gasteiger partial charge in [-0.1, -0.05) is 36.7 Å². The molecule has 14 heteroatoms. The molecule has 0 N–H and O–H groups in total. The van der Waals surface area contributed by atoms with Crippen molar-refractivity contribution >= 4 is 22.8 Å². The first-order chi connectivity index (χ1) is 19.5. The van der Waals surface area contributed by atoms with Crippen LogP contribution in [0, 0.1) is 0 Å². The van der Waals surface area contributed by atoms with E-state index in [1.165, 1.54) is 28.3 Å². The molecule has 0 unspecified atom stereocenters. The van der Waals surface area contributed by atoms with Crippen molar-refractivity contribution in [3.05, 3.63) is 80.0 Å². The highest BCUT2D eigenvalue weighted by Gasteiger charge is 2.35. The quantitative estimate of drug-likeness (QED) is 0.274. The molecule has 0 atom stereocenters. The first kappa shape index (κ1) is 28.7. The summed E-state index contributed by atoms with van der Waals surface area (Å²) in [6, 6.07) is 11.6. The van der Waals surface area contributed by atoms with Gasteiger partial charge < -0.3 is 18.9 Å². The van der Waals surface area contributed by atoms with E-state index in [4.69, 9.17) is 25.8 Å². The van der Waals surface area contributed by atoms with Crippen LogP contribution in [0.25, 0.3) is 11.2 Å². The predicted octanol–water partition coefficient (Wildman–Crippen LogP) is 4.83. The van der Waals surface area contributed by atoms with Gasteiger partial charge in [0.25, 0.3) is 5.56 Å². The van der Waals surface area contributed by atoms with Gasteiger partial charge in [-0.15, -0.1) is 13.2 Å². The van der Waals surface area contributed by atoms with Crippen LogP contribution >= 0.6 is 11.6 Å². The molecule has 0 aliphatic carbocycles. The van der Waals surface area contributed by atoms with E-state index in [1.54, 1.807) is 24.3 Å². The highest BCUT2D eigenvalue weighted by atomic mass is 35.5. The van der Waals surface area contributed by atoms with Crippen molar-refractivity contribution in [2.75, 3.05) is 13.2 Å². The highest BCUT2D eigenvalue weighted by Crippen LogP contribution is 2.31. The summed E-state index contributed by atoms with van der Waals surface area (Å²) in [4.78, 5) is 31.5. The number of aromatic nitrogens is 4. The van der Waals surface area contributed by atoms with Crippen LogP contribution in [0.3, 0.4) is 0 Å². The van der Waals surface area contributed by atoms with Crippen molar-refractivity contribution in [3.8, 4) is 17.5 Å². The van der Waals surface area contributed by atoms with Gasteiger partial charge in [-0.25, -0.2) is 4.79 Å². The molecule has 2 aromatic heterocycles. The van der Waals surface area contributed by atoms with E-state index in [2.05, 4.69) is 9.72 Å². The Balaban J connectivity index is 1.60. The normalized spacial score (nSPS) is 15.0. The molecule has 2 aromatic carbocycles. The van der Waals surface area contributed by atoms with E-state index >= 15 is 0 Å². The van der Waals surface area contributed by atoms with E-state index in [0.717, 1.165) is 22.3 Å². The SMILES string of the molecule is CCC1(CCn2c(=O)c3c(nc(Oc4cccc(OC(F)(F)F)c4)n3Cc3ccc(Cl)cc3)n(C)c2=O)OCCO1. The van der Waals surface area contributed by atoms with Crippen molar-refractivity contribution in [3.63, 3.8) is 0 Å². The molecule has 0 bridgehead atoms. The van der Waals surface area contributed by atoms with Crippen molar-refractivity contribution in [2.45, 2.75) is 45.0 Å². The number of nitrogens with zero attached hydrogens (tertiary/aromatic N) is 4. The fraction of sp³-hybridized carbons (Fsp3) is 0.370. The van der Waals surface area contributed by atoms with E-state index in [1.807, 2.05) is 6.92 Å². The molecule has 1 fully saturated rings. The number of imidazole rings is 1. The Hall–Kier alpha value is -3.81. The molecular formula is C27H26ClF3N4O6. The minimum atomic E-state index is -4.89. The summed E-state index contributed by atoms with van der Waals surface area (Å²) in [5.74, 6) is -1.41. The van der Waals surface area contributed by atoms with Crippen LogP contribution in [-0.4, -0.2) is 44.0 Å². The van der Waals surface area contributed by atoms with Gasteiger partial charge in [0.05, 0.1) is 19.8 Å². The second-order valence-electron chi connectivity index (χ2n) is 9.41. The summed E-state index contributed by atoms with van der Waals surface area (Å²) in [6.07, 6.45) is -4.09. The van der Waals surface area contributed by atoms with Gasteiger partial charge >= 0.3 is 18.1 Å². The van der Waals surface area contributed by atoms with Gasteiger partial charge in [0.1, 0.15) is 11.5 Å². The summed E-state index contributed by atoms with van der Waals surface area (Å²) in [5, 5.41) is 0.508. The molecule has 1 aliphatic heterocycles. The zero-order valence-electron chi connectivity index (χ0n) is 22.1. The summed E-state index contributed by atoms with van der Waals surface area (Å²) in [7, 11) is 1.47. The third-order valence-electron chi connectivity index (χ3n) is 6.77. The minimum absolute atomic E-state index is 0.0223. The maximum absolute atomic E-state index is 13.8. The first-order valence-corrected chi connectivity index (χ1v) is 13.1. The Kier molecular flexibility index (Phi) is 7.86. The number of fused-ring (bicyclic) bond motifs is 1. The zero-order chi connectivity index (χ0) is 29.4. The molecule has 0 spiro atoms. The van der Waals surface area contributed by atoms with E-state index in [0.29, 0.717) is 24.7 Å². The Bertz CT molecular complexity index is 1670. The van der Waals surface area contributed by atoms with Crippen LogP contribution in [-0.2, 0) is 29.6 Å². The third kappa shape index (κ3) is 6.11. The minimum Gasteiger partial charge on any atom is -0.425 e. The number of aryl methyl sites for hydroxylation is 1. The molecule has 5 rings (SSSR count).